The number of rotatable bonds is 8. The molecule has 2 aromatic rings. The molecule has 1 aliphatic heterocycles. The number of ether oxygens (including phenoxy) is 1. The number of aliphatic hydroxyl groups excluding tert-OH is 1. The van der Waals surface area contributed by atoms with Gasteiger partial charge in [0.05, 0.1) is 19.3 Å². The lowest BCUT2D eigenvalue weighted by molar-refractivity contribution is 0.00451. The zero-order valence-electron chi connectivity index (χ0n) is 15.2. The van der Waals surface area contributed by atoms with Gasteiger partial charge >= 0.3 is 0 Å². The van der Waals surface area contributed by atoms with Gasteiger partial charge in [-0.25, -0.2) is 0 Å². The van der Waals surface area contributed by atoms with Crippen molar-refractivity contribution in [1.82, 2.24) is 4.90 Å². The molecule has 0 spiro atoms. The maximum Gasteiger partial charge on any atom is 0.0900 e. The molecule has 3 nitrogen and oxygen atoms in total. The first-order valence-electron chi connectivity index (χ1n) is 9.45. The predicted octanol–water partition coefficient (Wildman–Crippen LogP) is 4.17. The number of hydrogen-bond acceptors (Lipinski definition) is 3. The third kappa shape index (κ3) is 6.40. The van der Waals surface area contributed by atoms with Crippen LogP contribution in [0.25, 0.3) is 0 Å². The summed E-state index contributed by atoms with van der Waals surface area (Å²) in [5.74, 6) is 0.756. The molecular weight excluding hydrogens is 346 g/mol. The van der Waals surface area contributed by atoms with Gasteiger partial charge in [-0.05, 0) is 61.5 Å². The molecule has 2 aromatic carbocycles. The fraction of sp³-hybridized carbons (Fsp3) is 0.455. The minimum Gasteiger partial charge on any atom is -0.389 e. The Labute approximate surface area is 161 Å². The van der Waals surface area contributed by atoms with Crippen LogP contribution in [0.2, 0.25) is 5.02 Å². The molecule has 0 aromatic heterocycles. The first kappa shape index (κ1) is 19.4. The lowest BCUT2D eigenvalue weighted by atomic mass is 9.90. The fourth-order valence-corrected chi connectivity index (χ4v) is 3.69. The molecule has 26 heavy (non-hydrogen) atoms. The minimum absolute atomic E-state index is 0.368. The van der Waals surface area contributed by atoms with Crippen LogP contribution in [0.5, 0.6) is 0 Å². The van der Waals surface area contributed by atoms with E-state index in [9.17, 15) is 5.11 Å². The number of halogens is 1. The van der Waals surface area contributed by atoms with E-state index in [1.54, 1.807) is 0 Å². The van der Waals surface area contributed by atoms with Gasteiger partial charge in [-0.1, -0.05) is 54.1 Å². The number of piperidine rings is 1. The molecule has 1 fully saturated rings. The molecular formula is C22H28ClNO2. The molecule has 3 rings (SSSR count). The SMILES string of the molecule is O[C@@H](COCc1ccc(Cl)cc1)CN1CCC(Cc2ccccc2)CC1. The molecule has 4 heteroatoms. The summed E-state index contributed by atoms with van der Waals surface area (Å²) >= 11 is 5.87. The number of hydrogen-bond donors (Lipinski definition) is 1. The van der Waals surface area contributed by atoms with Gasteiger partial charge in [0.1, 0.15) is 0 Å². The lowest BCUT2D eigenvalue weighted by Crippen LogP contribution is -2.40. The second kappa shape index (κ2) is 10.1. The van der Waals surface area contributed by atoms with Crippen molar-refractivity contribution in [3.8, 4) is 0 Å². The average molecular weight is 374 g/mol. The van der Waals surface area contributed by atoms with Crippen molar-refractivity contribution in [3.05, 3.63) is 70.7 Å². The highest BCUT2D eigenvalue weighted by Gasteiger charge is 2.21. The second-order valence-electron chi connectivity index (χ2n) is 7.23. The monoisotopic (exact) mass is 373 g/mol. The topological polar surface area (TPSA) is 32.7 Å². The van der Waals surface area contributed by atoms with Crippen LogP contribution < -0.4 is 0 Å². The molecule has 1 saturated heterocycles. The van der Waals surface area contributed by atoms with Crippen molar-refractivity contribution in [2.24, 2.45) is 5.92 Å². The Morgan fingerprint density at radius 3 is 2.38 bits per heavy atom. The van der Waals surface area contributed by atoms with Crippen LogP contribution in [0, 0.1) is 5.92 Å². The van der Waals surface area contributed by atoms with Crippen molar-refractivity contribution in [2.45, 2.75) is 32.0 Å². The number of β-amino-alcohol motifs (C(OH)–C–C–N with tert-alkyl or cyclic N) is 1. The summed E-state index contributed by atoms with van der Waals surface area (Å²) in [4.78, 5) is 2.36. The molecule has 1 heterocycles. The number of aliphatic hydroxyl groups is 1. The highest BCUT2D eigenvalue weighted by molar-refractivity contribution is 6.30. The quantitative estimate of drug-likeness (QED) is 0.753. The molecule has 0 amide bonds. The van der Waals surface area contributed by atoms with E-state index in [2.05, 4.69) is 35.2 Å². The van der Waals surface area contributed by atoms with Crippen molar-refractivity contribution >= 4 is 11.6 Å². The van der Waals surface area contributed by atoms with E-state index in [0.29, 0.717) is 19.8 Å². The van der Waals surface area contributed by atoms with Crippen LogP contribution >= 0.6 is 11.6 Å². The smallest absolute Gasteiger partial charge is 0.0900 e. The Morgan fingerprint density at radius 1 is 1.00 bits per heavy atom. The first-order valence-corrected chi connectivity index (χ1v) is 9.83. The van der Waals surface area contributed by atoms with Gasteiger partial charge in [0.15, 0.2) is 0 Å². The predicted molar refractivity (Wildman–Crippen MR) is 106 cm³/mol. The third-order valence-corrected chi connectivity index (χ3v) is 5.29. The Kier molecular flexibility index (Phi) is 7.51. The number of likely N-dealkylation sites (tertiary alicyclic amines) is 1. The summed E-state index contributed by atoms with van der Waals surface area (Å²) in [6, 6.07) is 18.4. The molecule has 1 aliphatic rings. The lowest BCUT2D eigenvalue weighted by Gasteiger charge is -2.33. The first-order chi connectivity index (χ1) is 12.7. The third-order valence-electron chi connectivity index (χ3n) is 5.04. The van der Waals surface area contributed by atoms with Gasteiger partial charge in [0.2, 0.25) is 0 Å². The van der Waals surface area contributed by atoms with Crippen molar-refractivity contribution in [1.29, 1.82) is 0 Å². The molecule has 0 bridgehead atoms. The highest BCUT2D eigenvalue weighted by Crippen LogP contribution is 2.21. The van der Waals surface area contributed by atoms with Gasteiger partial charge < -0.3 is 14.7 Å². The van der Waals surface area contributed by atoms with E-state index in [1.807, 2.05) is 24.3 Å². The standard InChI is InChI=1S/C22H28ClNO2/c23-21-8-6-20(7-9-21)16-26-17-22(25)15-24-12-10-19(11-13-24)14-18-4-2-1-3-5-18/h1-9,19,22,25H,10-17H2/t22-/m1/s1. The van der Waals surface area contributed by atoms with Gasteiger partial charge in [0, 0.05) is 11.6 Å². The summed E-state index contributed by atoms with van der Waals surface area (Å²) in [5.41, 5.74) is 2.50. The van der Waals surface area contributed by atoms with Gasteiger partial charge in [-0.2, -0.15) is 0 Å². The Bertz CT molecular complexity index is 639. The van der Waals surface area contributed by atoms with Crippen LogP contribution in [-0.4, -0.2) is 42.4 Å². The zero-order valence-corrected chi connectivity index (χ0v) is 15.9. The van der Waals surface area contributed by atoms with E-state index in [1.165, 1.54) is 24.8 Å². The van der Waals surface area contributed by atoms with Crippen molar-refractivity contribution in [3.63, 3.8) is 0 Å². The van der Waals surface area contributed by atoms with E-state index in [0.717, 1.165) is 29.6 Å². The Hall–Kier alpha value is -1.39. The number of benzene rings is 2. The summed E-state index contributed by atoms with van der Waals surface area (Å²) in [7, 11) is 0. The minimum atomic E-state index is -0.437. The van der Waals surface area contributed by atoms with E-state index in [-0.39, 0.29) is 0 Å². The summed E-state index contributed by atoms with van der Waals surface area (Å²) in [6.07, 6.45) is 3.13. The highest BCUT2D eigenvalue weighted by atomic mass is 35.5. The molecule has 0 radical (unpaired) electrons. The maximum atomic E-state index is 10.2. The fourth-order valence-electron chi connectivity index (χ4n) is 3.56. The molecule has 0 aliphatic carbocycles. The Morgan fingerprint density at radius 2 is 1.69 bits per heavy atom. The van der Waals surface area contributed by atoms with Gasteiger partial charge in [0.25, 0.3) is 0 Å². The summed E-state index contributed by atoms with van der Waals surface area (Å²) < 4.78 is 5.64. The largest absolute Gasteiger partial charge is 0.389 e. The van der Waals surface area contributed by atoms with Crippen molar-refractivity contribution in [2.75, 3.05) is 26.2 Å². The zero-order chi connectivity index (χ0) is 18.2. The van der Waals surface area contributed by atoms with E-state index >= 15 is 0 Å². The maximum absolute atomic E-state index is 10.2. The van der Waals surface area contributed by atoms with Crippen LogP contribution in [0.15, 0.2) is 54.6 Å². The van der Waals surface area contributed by atoms with E-state index < -0.39 is 6.10 Å². The Balaban J connectivity index is 1.31. The summed E-state index contributed by atoms with van der Waals surface area (Å²) in [5, 5.41) is 11.0. The van der Waals surface area contributed by atoms with E-state index in [4.69, 9.17) is 16.3 Å². The van der Waals surface area contributed by atoms with Crippen LogP contribution in [0.3, 0.4) is 0 Å². The van der Waals surface area contributed by atoms with Crippen molar-refractivity contribution < 1.29 is 9.84 Å². The average Bonchev–Trinajstić information content (AvgIpc) is 2.66. The molecule has 1 N–H and O–H groups in total. The van der Waals surface area contributed by atoms with Gasteiger partial charge in [-0.3, -0.25) is 0 Å². The molecule has 0 unspecified atom stereocenters. The van der Waals surface area contributed by atoms with Gasteiger partial charge in [-0.15, -0.1) is 0 Å². The molecule has 140 valence electrons. The normalized spacial score (nSPS) is 17.3. The van der Waals surface area contributed by atoms with Crippen LogP contribution in [0.1, 0.15) is 24.0 Å². The van der Waals surface area contributed by atoms with Crippen LogP contribution in [0.4, 0.5) is 0 Å². The second-order valence-corrected chi connectivity index (χ2v) is 7.67. The molecule has 1 atom stereocenters. The van der Waals surface area contributed by atoms with Crippen LogP contribution in [-0.2, 0) is 17.8 Å². The number of nitrogens with zero attached hydrogens (tertiary/aromatic N) is 1. The molecule has 0 saturated carbocycles. The summed E-state index contributed by atoms with van der Waals surface area (Å²) in [6.45, 7) is 3.69.